The Balaban J connectivity index is 0. The van der Waals surface area contributed by atoms with Crippen molar-refractivity contribution in [1.29, 1.82) is 0 Å². The Bertz CT molecular complexity index is 555. The first-order valence-corrected chi connectivity index (χ1v) is 9.28. The smallest absolute Gasteiger partial charge is 0.258 e. The second kappa shape index (κ2) is 14.4. The van der Waals surface area contributed by atoms with Crippen LogP contribution in [0.1, 0.15) is 33.3 Å². The molecule has 9 heteroatoms. The molecule has 0 aliphatic rings. The lowest BCUT2D eigenvalue weighted by Gasteiger charge is -2.21. The summed E-state index contributed by atoms with van der Waals surface area (Å²) in [5.41, 5.74) is 0.706. The molecule has 6 nitrogen and oxygen atoms in total. The minimum atomic E-state index is -0.343. The van der Waals surface area contributed by atoms with E-state index in [1.807, 2.05) is 39.0 Å². The maximum Gasteiger partial charge on any atom is 0.258 e. The zero-order chi connectivity index (χ0) is 18.9. The van der Waals surface area contributed by atoms with Crippen LogP contribution in [0.3, 0.4) is 0 Å². The first kappa shape index (κ1) is 28.6. The van der Waals surface area contributed by atoms with E-state index in [1.54, 1.807) is 6.92 Å². The summed E-state index contributed by atoms with van der Waals surface area (Å²) in [7, 11) is 0. The molecule has 0 saturated carbocycles. The number of carbonyl (C=O) groups is 1. The molecule has 4 N–H and O–H groups in total. The average molecular weight is 489 g/mol. The van der Waals surface area contributed by atoms with E-state index in [2.05, 4.69) is 31.9 Å². The number of nitrogens with one attached hydrogen (secondary N) is 3. The molecular weight excluding hydrogens is 457 g/mol. The molecule has 0 saturated heterocycles. The van der Waals surface area contributed by atoms with Crippen molar-refractivity contribution in [2.24, 2.45) is 0 Å². The van der Waals surface area contributed by atoms with Crippen molar-refractivity contribution in [3.63, 3.8) is 0 Å². The van der Waals surface area contributed by atoms with Crippen molar-refractivity contribution >= 4 is 46.7 Å². The summed E-state index contributed by atoms with van der Waals surface area (Å²) in [6, 6.07) is 5.73. The maximum atomic E-state index is 11.9. The number of aliphatic hydroxyl groups excluding tert-OH is 1. The van der Waals surface area contributed by atoms with Gasteiger partial charge in [0.15, 0.2) is 6.61 Å². The first-order chi connectivity index (χ1) is 11.7. The molecule has 1 aromatic carbocycles. The molecule has 1 aromatic rings. The van der Waals surface area contributed by atoms with Crippen LogP contribution in [0.2, 0.25) is 0 Å². The van der Waals surface area contributed by atoms with E-state index in [0.29, 0.717) is 18.8 Å². The first-order valence-electron chi connectivity index (χ1n) is 8.49. The van der Waals surface area contributed by atoms with Crippen LogP contribution < -0.4 is 20.7 Å². The topological polar surface area (TPSA) is 82.6 Å². The van der Waals surface area contributed by atoms with Gasteiger partial charge >= 0.3 is 0 Å². The zero-order valence-electron chi connectivity index (χ0n) is 16.3. The van der Waals surface area contributed by atoms with E-state index in [9.17, 15) is 9.90 Å². The van der Waals surface area contributed by atoms with Gasteiger partial charge in [-0.25, -0.2) is 0 Å². The Hall–Kier alpha value is -0.570. The van der Waals surface area contributed by atoms with E-state index < -0.39 is 0 Å². The van der Waals surface area contributed by atoms with Gasteiger partial charge in [0.05, 0.1) is 6.10 Å². The number of hydrogen-bond acceptors (Lipinski definition) is 5. The highest BCUT2D eigenvalue weighted by Crippen LogP contribution is 2.23. The molecule has 0 aromatic heterocycles. The second-order valence-electron chi connectivity index (χ2n) is 7.07. The number of hydrogen-bond donors (Lipinski definition) is 4. The highest BCUT2D eigenvalue weighted by atomic mass is 79.9. The van der Waals surface area contributed by atoms with Gasteiger partial charge in [-0.15, -0.1) is 24.8 Å². The summed E-state index contributed by atoms with van der Waals surface area (Å²) >= 11 is 3.46. The Morgan fingerprint density at radius 3 is 2.44 bits per heavy atom. The molecule has 0 aliphatic heterocycles. The minimum absolute atomic E-state index is 0. The van der Waals surface area contributed by atoms with Crippen molar-refractivity contribution in [3.8, 4) is 5.75 Å². The van der Waals surface area contributed by atoms with Crippen molar-refractivity contribution in [2.45, 2.75) is 45.9 Å². The molecule has 158 valence electrons. The third-order valence-corrected chi connectivity index (χ3v) is 3.62. The highest BCUT2D eigenvalue weighted by molar-refractivity contribution is 9.10. The SMILES string of the molecule is CC(O)CNCCNCc1cc(Br)ccc1OCC(=O)NC(C)(C)C.Cl.Cl. The van der Waals surface area contributed by atoms with Gasteiger partial charge in [-0.05, 0) is 45.9 Å². The van der Waals surface area contributed by atoms with Gasteiger partial charge in [-0.2, -0.15) is 0 Å². The van der Waals surface area contributed by atoms with Gasteiger partial charge < -0.3 is 25.8 Å². The number of rotatable bonds is 10. The normalized spacial score (nSPS) is 11.8. The fourth-order valence-corrected chi connectivity index (χ4v) is 2.54. The minimum Gasteiger partial charge on any atom is -0.483 e. The van der Waals surface area contributed by atoms with Crippen LogP contribution in [-0.2, 0) is 11.3 Å². The lowest BCUT2D eigenvalue weighted by Crippen LogP contribution is -2.43. The molecule has 0 heterocycles. The van der Waals surface area contributed by atoms with Crippen LogP contribution in [0.15, 0.2) is 22.7 Å². The van der Waals surface area contributed by atoms with Gasteiger partial charge in [0.1, 0.15) is 5.75 Å². The van der Waals surface area contributed by atoms with Gasteiger partial charge in [-0.3, -0.25) is 4.79 Å². The third-order valence-electron chi connectivity index (χ3n) is 3.13. The summed E-state index contributed by atoms with van der Waals surface area (Å²) in [6.07, 6.45) is -0.343. The largest absolute Gasteiger partial charge is 0.483 e. The van der Waals surface area contributed by atoms with Crippen molar-refractivity contribution in [1.82, 2.24) is 16.0 Å². The average Bonchev–Trinajstić information content (AvgIpc) is 2.47. The lowest BCUT2D eigenvalue weighted by atomic mass is 10.1. The number of carbonyl (C=O) groups excluding carboxylic acids is 1. The van der Waals surface area contributed by atoms with Crippen LogP contribution in [0.25, 0.3) is 0 Å². The molecule has 1 atom stereocenters. The standard InChI is InChI=1S/C18H30BrN3O3.2ClH/c1-13(23)10-20-7-8-21-11-14-9-15(19)5-6-16(14)25-12-17(24)22-18(2,3)4;;/h5-6,9,13,20-21,23H,7-8,10-12H2,1-4H3,(H,22,24);2*1H. The van der Waals surface area contributed by atoms with E-state index >= 15 is 0 Å². The van der Waals surface area contributed by atoms with Crippen molar-refractivity contribution in [2.75, 3.05) is 26.2 Å². The fraction of sp³-hybridized carbons (Fsp3) is 0.611. The molecule has 0 spiro atoms. The summed E-state index contributed by atoms with van der Waals surface area (Å²) in [5.74, 6) is 0.549. The van der Waals surface area contributed by atoms with E-state index in [-0.39, 0.29) is 49.0 Å². The van der Waals surface area contributed by atoms with Crippen molar-refractivity contribution in [3.05, 3.63) is 28.2 Å². The summed E-state index contributed by atoms with van der Waals surface area (Å²) in [4.78, 5) is 11.9. The molecule has 1 amide bonds. The summed E-state index contributed by atoms with van der Waals surface area (Å²) in [6.45, 7) is 10.3. The van der Waals surface area contributed by atoms with Gasteiger partial charge in [0, 0.05) is 41.8 Å². The monoisotopic (exact) mass is 487 g/mol. The number of benzene rings is 1. The quantitative estimate of drug-likeness (QED) is 0.380. The van der Waals surface area contributed by atoms with Gasteiger partial charge in [-0.1, -0.05) is 15.9 Å². The Morgan fingerprint density at radius 2 is 1.85 bits per heavy atom. The number of halogens is 3. The Kier molecular flexibility index (Phi) is 15.3. The lowest BCUT2D eigenvalue weighted by molar-refractivity contribution is -0.124. The van der Waals surface area contributed by atoms with Gasteiger partial charge in [0.2, 0.25) is 0 Å². The van der Waals surface area contributed by atoms with E-state index in [1.165, 1.54) is 0 Å². The fourth-order valence-electron chi connectivity index (χ4n) is 2.14. The zero-order valence-corrected chi connectivity index (χ0v) is 19.5. The van der Waals surface area contributed by atoms with Gasteiger partial charge in [0.25, 0.3) is 5.91 Å². The molecule has 1 rings (SSSR count). The molecule has 0 bridgehead atoms. The van der Waals surface area contributed by atoms with Crippen LogP contribution in [-0.4, -0.2) is 48.9 Å². The Morgan fingerprint density at radius 1 is 1.22 bits per heavy atom. The second-order valence-corrected chi connectivity index (χ2v) is 7.98. The number of amides is 1. The summed E-state index contributed by atoms with van der Waals surface area (Å²) in [5, 5.41) is 18.5. The molecule has 0 aliphatic carbocycles. The van der Waals surface area contributed by atoms with Crippen molar-refractivity contribution < 1.29 is 14.6 Å². The predicted octanol–water partition coefficient (Wildman–Crippen LogP) is 2.65. The molecule has 27 heavy (non-hydrogen) atoms. The highest BCUT2D eigenvalue weighted by Gasteiger charge is 2.14. The van der Waals surface area contributed by atoms with Crippen LogP contribution >= 0.6 is 40.7 Å². The molecule has 0 fully saturated rings. The number of ether oxygens (including phenoxy) is 1. The van der Waals surface area contributed by atoms with E-state index in [4.69, 9.17) is 4.74 Å². The maximum absolute atomic E-state index is 11.9. The molecule has 0 radical (unpaired) electrons. The molecule has 1 unspecified atom stereocenters. The Labute approximate surface area is 183 Å². The third kappa shape index (κ3) is 14.1. The summed E-state index contributed by atoms with van der Waals surface area (Å²) < 4.78 is 6.65. The molecular formula is C18H32BrCl2N3O3. The van der Waals surface area contributed by atoms with E-state index in [0.717, 1.165) is 23.1 Å². The predicted molar refractivity (Wildman–Crippen MR) is 118 cm³/mol. The van der Waals surface area contributed by atoms with Crippen LogP contribution in [0, 0.1) is 0 Å². The van der Waals surface area contributed by atoms with Crippen LogP contribution in [0.5, 0.6) is 5.75 Å². The van der Waals surface area contributed by atoms with Crippen LogP contribution in [0.4, 0.5) is 0 Å². The number of aliphatic hydroxyl groups is 1.